The van der Waals surface area contributed by atoms with Crippen LogP contribution in [0.2, 0.25) is 0 Å². The topological polar surface area (TPSA) is 81.0 Å². The lowest BCUT2D eigenvalue weighted by Crippen LogP contribution is -2.63. The predicted octanol–water partition coefficient (Wildman–Crippen LogP) is -1.15. The fourth-order valence-corrected chi connectivity index (χ4v) is 0.641. The summed E-state index contributed by atoms with van der Waals surface area (Å²) in [6.07, 6.45) is 0.0822. The highest BCUT2D eigenvalue weighted by Gasteiger charge is 2.49. The van der Waals surface area contributed by atoms with Crippen molar-refractivity contribution in [2.24, 2.45) is 0 Å². The number of hydrogen-bond acceptors (Lipinski definition) is 4. The van der Waals surface area contributed by atoms with Crippen LogP contribution in [0.15, 0.2) is 0 Å². The van der Waals surface area contributed by atoms with Gasteiger partial charge in [0.2, 0.25) is 5.72 Å². The van der Waals surface area contributed by atoms with Crippen LogP contribution in [0.5, 0.6) is 0 Å². The van der Waals surface area contributed by atoms with E-state index in [-0.39, 0.29) is 13.0 Å². The molecule has 0 unspecified atom stereocenters. The lowest BCUT2D eigenvalue weighted by molar-refractivity contribution is -0.313. The van der Waals surface area contributed by atoms with Gasteiger partial charge in [0.25, 0.3) is 0 Å². The van der Waals surface area contributed by atoms with Gasteiger partial charge in [0.15, 0.2) is 0 Å². The van der Waals surface area contributed by atoms with Gasteiger partial charge in [0.05, 0.1) is 0 Å². The van der Waals surface area contributed by atoms with E-state index in [2.05, 4.69) is 0 Å². The van der Waals surface area contributed by atoms with Gasteiger partial charge in [-0.15, -0.1) is 0 Å². The Bertz CT molecular complexity index is 148. The molecule has 0 aromatic carbocycles. The molecule has 0 bridgehead atoms. The maximum Gasteiger partial charge on any atom is 0.353 e. The van der Waals surface area contributed by atoms with Crippen molar-refractivity contribution in [3.63, 3.8) is 0 Å². The van der Waals surface area contributed by atoms with E-state index in [1.54, 1.807) is 0 Å². The van der Waals surface area contributed by atoms with Gasteiger partial charge in [-0.2, -0.15) is 5.06 Å². The molecule has 1 saturated heterocycles. The molecule has 0 saturated carbocycles. The number of hydrogen-bond donors (Lipinski definition) is 3. The summed E-state index contributed by atoms with van der Waals surface area (Å²) in [6.45, 7) is 0.211. The molecule has 9 heavy (non-hydrogen) atoms. The number of aliphatic carboxylic acids is 1. The van der Waals surface area contributed by atoms with Crippen molar-refractivity contribution in [3.8, 4) is 0 Å². The largest absolute Gasteiger partial charge is 0.478 e. The average molecular weight is 133 g/mol. The van der Waals surface area contributed by atoms with Gasteiger partial charge in [0, 0.05) is 13.0 Å². The quantitative estimate of drug-likeness (QED) is 0.421. The van der Waals surface area contributed by atoms with E-state index in [4.69, 9.17) is 15.4 Å². The number of nitrogens with zero attached hydrogens (tertiary/aromatic N) is 1. The van der Waals surface area contributed by atoms with Crippen LogP contribution >= 0.6 is 0 Å². The summed E-state index contributed by atoms with van der Waals surface area (Å²) in [5.41, 5.74) is -2.01. The molecular weight excluding hydrogens is 126 g/mol. The standard InChI is InChI=1S/C4H7NO4/c6-3(7)4(8)1-2-5(4)9/h8-9H,1-2H2,(H,6,7)/t4-/m1/s1. The van der Waals surface area contributed by atoms with E-state index in [0.29, 0.717) is 5.06 Å². The zero-order chi connectivity index (χ0) is 7.07. The molecular formula is C4H7NO4. The second-order valence-corrected chi connectivity index (χ2v) is 1.99. The molecule has 1 rings (SSSR count). The van der Waals surface area contributed by atoms with Crippen molar-refractivity contribution in [2.45, 2.75) is 12.1 Å². The number of hydroxylamine groups is 2. The second-order valence-electron chi connectivity index (χ2n) is 1.99. The molecule has 0 spiro atoms. The lowest BCUT2D eigenvalue weighted by Gasteiger charge is -2.39. The first-order valence-electron chi connectivity index (χ1n) is 2.49. The Hall–Kier alpha value is -0.650. The van der Waals surface area contributed by atoms with Crippen LogP contribution in [0.1, 0.15) is 6.42 Å². The molecule has 1 aliphatic heterocycles. The number of carboxylic acid groups (broad SMARTS) is 1. The minimum Gasteiger partial charge on any atom is -0.478 e. The van der Waals surface area contributed by atoms with Gasteiger partial charge in [0.1, 0.15) is 0 Å². The maximum atomic E-state index is 10.1. The molecule has 0 aliphatic carbocycles. The van der Waals surface area contributed by atoms with E-state index in [1.807, 2.05) is 0 Å². The molecule has 1 atom stereocenters. The Labute approximate surface area is 51.1 Å². The van der Waals surface area contributed by atoms with E-state index >= 15 is 0 Å². The lowest BCUT2D eigenvalue weighted by atomic mass is 10.0. The molecule has 0 amide bonds. The van der Waals surface area contributed by atoms with Gasteiger partial charge >= 0.3 is 5.97 Å². The molecule has 1 fully saturated rings. The summed E-state index contributed by atoms with van der Waals surface area (Å²) >= 11 is 0. The summed E-state index contributed by atoms with van der Waals surface area (Å²) in [5.74, 6) is -1.41. The fourth-order valence-electron chi connectivity index (χ4n) is 0.641. The molecule has 5 nitrogen and oxygen atoms in total. The minimum absolute atomic E-state index is 0.0822. The summed E-state index contributed by atoms with van der Waals surface area (Å²) in [5, 5.41) is 26.0. The number of aliphatic hydroxyl groups is 1. The monoisotopic (exact) mass is 133 g/mol. The molecule has 0 radical (unpaired) electrons. The van der Waals surface area contributed by atoms with E-state index in [0.717, 1.165) is 0 Å². The van der Waals surface area contributed by atoms with Gasteiger partial charge in [-0.1, -0.05) is 0 Å². The Morgan fingerprint density at radius 2 is 2.22 bits per heavy atom. The Morgan fingerprint density at radius 1 is 1.67 bits per heavy atom. The van der Waals surface area contributed by atoms with Crippen molar-refractivity contribution in [2.75, 3.05) is 6.54 Å². The van der Waals surface area contributed by atoms with Crippen molar-refractivity contribution < 1.29 is 20.2 Å². The van der Waals surface area contributed by atoms with Gasteiger partial charge < -0.3 is 15.4 Å². The molecule has 1 aliphatic rings. The first-order valence-corrected chi connectivity index (χ1v) is 2.49. The van der Waals surface area contributed by atoms with E-state index in [1.165, 1.54) is 0 Å². The van der Waals surface area contributed by atoms with E-state index < -0.39 is 11.7 Å². The first-order chi connectivity index (χ1) is 4.07. The summed E-state index contributed by atoms with van der Waals surface area (Å²) < 4.78 is 0. The van der Waals surface area contributed by atoms with Crippen LogP contribution in [-0.4, -0.2) is 38.7 Å². The third kappa shape index (κ3) is 0.699. The van der Waals surface area contributed by atoms with Crippen LogP contribution in [-0.2, 0) is 4.79 Å². The van der Waals surface area contributed by atoms with Crippen molar-refractivity contribution in [3.05, 3.63) is 0 Å². The third-order valence-corrected chi connectivity index (χ3v) is 1.44. The highest BCUT2D eigenvalue weighted by atomic mass is 16.6. The van der Waals surface area contributed by atoms with Crippen molar-refractivity contribution in [1.29, 1.82) is 0 Å². The molecule has 0 aromatic heterocycles. The number of carboxylic acids is 1. The van der Waals surface area contributed by atoms with Crippen LogP contribution < -0.4 is 0 Å². The highest BCUT2D eigenvalue weighted by Crippen LogP contribution is 2.24. The Morgan fingerprint density at radius 3 is 2.22 bits per heavy atom. The second kappa shape index (κ2) is 1.66. The Balaban J connectivity index is 2.64. The molecule has 5 heteroatoms. The Kier molecular flexibility index (Phi) is 1.20. The zero-order valence-corrected chi connectivity index (χ0v) is 4.61. The summed E-state index contributed by atoms with van der Waals surface area (Å²) in [4.78, 5) is 10.1. The first kappa shape index (κ1) is 6.47. The third-order valence-electron chi connectivity index (χ3n) is 1.44. The van der Waals surface area contributed by atoms with Crippen LogP contribution in [0.3, 0.4) is 0 Å². The fraction of sp³-hybridized carbons (Fsp3) is 0.750. The van der Waals surface area contributed by atoms with E-state index in [9.17, 15) is 4.79 Å². The van der Waals surface area contributed by atoms with Gasteiger partial charge in [-0.25, -0.2) is 4.79 Å². The zero-order valence-electron chi connectivity index (χ0n) is 4.61. The van der Waals surface area contributed by atoms with Crippen molar-refractivity contribution >= 4 is 5.97 Å². The van der Waals surface area contributed by atoms with Crippen molar-refractivity contribution in [1.82, 2.24) is 5.06 Å². The summed E-state index contributed by atoms with van der Waals surface area (Å²) in [6, 6.07) is 0. The molecule has 52 valence electrons. The summed E-state index contributed by atoms with van der Waals surface area (Å²) in [7, 11) is 0. The molecule has 1 heterocycles. The minimum atomic E-state index is -2.01. The van der Waals surface area contributed by atoms with Gasteiger partial charge in [-0.3, -0.25) is 0 Å². The highest BCUT2D eigenvalue weighted by molar-refractivity contribution is 5.77. The average Bonchev–Trinajstić information content (AvgIpc) is 1.82. The maximum absolute atomic E-state index is 10.1. The SMILES string of the molecule is O=C(O)[C@]1(O)CCN1O. The molecule has 0 aromatic rings. The van der Waals surface area contributed by atoms with Crippen LogP contribution in [0.4, 0.5) is 0 Å². The van der Waals surface area contributed by atoms with Crippen LogP contribution in [0.25, 0.3) is 0 Å². The van der Waals surface area contributed by atoms with Crippen LogP contribution in [0, 0.1) is 0 Å². The molecule has 3 N–H and O–H groups in total. The smallest absolute Gasteiger partial charge is 0.353 e. The number of carbonyl (C=O) groups is 1. The normalized spacial score (nSPS) is 35.8. The predicted molar refractivity (Wildman–Crippen MR) is 25.7 cm³/mol. The number of rotatable bonds is 1. The van der Waals surface area contributed by atoms with Gasteiger partial charge in [-0.05, 0) is 0 Å².